The number of piperidine rings is 1. The molecule has 1 aliphatic heterocycles. The number of aromatic nitrogens is 2. The van der Waals surface area contributed by atoms with Crippen LogP contribution in [0.4, 0.5) is 0 Å². The van der Waals surface area contributed by atoms with Crippen LogP contribution in [0, 0.1) is 0 Å². The number of amides is 2. The van der Waals surface area contributed by atoms with Gasteiger partial charge in [0.2, 0.25) is 5.91 Å². The van der Waals surface area contributed by atoms with Gasteiger partial charge in [0.15, 0.2) is 0 Å². The molecule has 1 fully saturated rings. The Kier molecular flexibility index (Phi) is 8.34. The Labute approximate surface area is 154 Å². The average molecular weight is 374 g/mol. The summed E-state index contributed by atoms with van der Waals surface area (Å²) in [4.78, 5) is 28.6. The Hall–Kier alpha value is -1.64. The molecule has 142 valence electrons. The highest BCUT2D eigenvalue weighted by Crippen LogP contribution is 2.29. The van der Waals surface area contributed by atoms with Gasteiger partial charge in [-0.1, -0.05) is 0 Å². The van der Waals surface area contributed by atoms with Crippen LogP contribution in [0.25, 0.3) is 0 Å². The number of carbonyl (C=O) groups excluding carboxylic acids is 2. The number of rotatable bonds is 7. The highest BCUT2D eigenvalue weighted by molar-refractivity contribution is 5.89. The van der Waals surface area contributed by atoms with Crippen molar-refractivity contribution in [1.29, 1.82) is 0 Å². The Morgan fingerprint density at radius 3 is 2.52 bits per heavy atom. The van der Waals surface area contributed by atoms with Crippen molar-refractivity contribution in [1.82, 2.24) is 24.9 Å². The van der Waals surface area contributed by atoms with Gasteiger partial charge in [0.25, 0.3) is 5.91 Å². The van der Waals surface area contributed by atoms with Crippen molar-refractivity contribution in [2.24, 2.45) is 0 Å². The maximum absolute atomic E-state index is 13.4. The Morgan fingerprint density at radius 1 is 1.32 bits per heavy atom. The minimum atomic E-state index is -0.741. The smallest absolute Gasteiger partial charge is 0.251 e. The molecule has 0 unspecified atom stereocenters. The summed E-state index contributed by atoms with van der Waals surface area (Å²) in [5.74, 6) is -0.177. The topological polar surface area (TPSA) is 79.7 Å². The lowest BCUT2D eigenvalue weighted by Crippen LogP contribution is -2.57. The van der Waals surface area contributed by atoms with E-state index in [1.165, 1.54) is 4.90 Å². The van der Waals surface area contributed by atoms with Gasteiger partial charge in [0, 0.05) is 40.1 Å². The first-order valence-corrected chi connectivity index (χ1v) is 8.20. The van der Waals surface area contributed by atoms with Gasteiger partial charge in [-0.2, -0.15) is 5.10 Å². The molecule has 1 aromatic rings. The van der Waals surface area contributed by atoms with Crippen molar-refractivity contribution in [3.05, 3.63) is 18.5 Å². The number of halogens is 1. The predicted octanol–water partition coefficient (Wildman–Crippen LogP) is -0.0532. The van der Waals surface area contributed by atoms with Crippen molar-refractivity contribution < 1.29 is 14.3 Å². The minimum absolute atomic E-state index is 0. The van der Waals surface area contributed by atoms with Gasteiger partial charge in [-0.3, -0.25) is 14.3 Å². The first-order valence-electron chi connectivity index (χ1n) is 8.20. The SMILES string of the molecule is COCCN(CC(=O)N(C)C)C(=O)C1(n2cccn2)CCNCC1.Cl. The number of likely N-dealkylation sites (N-methyl/N-ethyl adjacent to an activating group) is 1. The molecule has 0 radical (unpaired) electrons. The van der Waals surface area contributed by atoms with Crippen molar-refractivity contribution in [2.75, 3.05) is 54.0 Å². The lowest BCUT2D eigenvalue weighted by molar-refractivity contribution is -0.148. The molecule has 25 heavy (non-hydrogen) atoms. The first-order chi connectivity index (χ1) is 11.5. The van der Waals surface area contributed by atoms with E-state index in [1.807, 2.05) is 12.3 Å². The summed E-state index contributed by atoms with van der Waals surface area (Å²) in [6, 6.07) is 1.82. The number of nitrogens with zero attached hydrogens (tertiary/aromatic N) is 4. The molecule has 2 rings (SSSR count). The number of hydrogen-bond acceptors (Lipinski definition) is 5. The number of hydrogen-bond donors (Lipinski definition) is 1. The van der Waals surface area contributed by atoms with E-state index in [2.05, 4.69) is 10.4 Å². The zero-order valence-corrected chi connectivity index (χ0v) is 15.9. The molecule has 0 aliphatic carbocycles. The molecule has 0 saturated carbocycles. The predicted molar refractivity (Wildman–Crippen MR) is 96.7 cm³/mol. The zero-order chi connectivity index (χ0) is 17.6. The standard InChI is InChI=1S/C16H27N5O3.ClH/c1-19(2)14(22)13-20(11-12-24-3)15(23)16(5-8-17-9-6-16)21-10-4-7-18-21;/h4,7,10,17H,5-6,8-9,11-13H2,1-3H3;1H. The molecule has 1 aromatic heterocycles. The molecule has 2 heterocycles. The van der Waals surface area contributed by atoms with Crippen LogP contribution < -0.4 is 5.32 Å². The third-order valence-corrected chi connectivity index (χ3v) is 4.45. The molecule has 0 atom stereocenters. The Balaban J connectivity index is 0.00000312. The van der Waals surface area contributed by atoms with Crippen LogP contribution in [0.5, 0.6) is 0 Å². The van der Waals surface area contributed by atoms with Crippen LogP contribution in [0.2, 0.25) is 0 Å². The molecule has 1 N–H and O–H groups in total. The van der Waals surface area contributed by atoms with Gasteiger partial charge in [0.05, 0.1) is 13.2 Å². The summed E-state index contributed by atoms with van der Waals surface area (Å²) in [5.41, 5.74) is -0.741. The fraction of sp³-hybridized carbons (Fsp3) is 0.688. The highest BCUT2D eigenvalue weighted by atomic mass is 35.5. The summed E-state index contributed by atoms with van der Waals surface area (Å²) in [6.07, 6.45) is 4.80. The normalized spacial score (nSPS) is 16.0. The van der Waals surface area contributed by atoms with Crippen LogP contribution in [0.15, 0.2) is 18.5 Å². The van der Waals surface area contributed by atoms with E-state index in [4.69, 9.17) is 4.74 Å². The van der Waals surface area contributed by atoms with E-state index in [0.717, 1.165) is 13.1 Å². The number of carbonyl (C=O) groups is 2. The van der Waals surface area contributed by atoms with E-state index in [-0.39, 0.29) is 30.8 Å². The molecule has 0 spiro atoms. The third-order valence-electron chi connectivity index (χ3n) is 4.45. The fourth-order valence-electron chi connectivity index (χ4n) is 2.96. The van der Waals surface area contributed by atoms with Gasteiger partial charge in [-0.05, 0) is 32.0 Å². The Bertz CT molecular complexity index is 544. The van der Waals surface area contributed by atoms with Crippen LogP contribution in [0.3, 0.4) is 0 Å². The van der Waals surface area contributed by atoms with E-state index in [0.29, 0.717) is 26.0 Å². The van der Waals surface area contributed by atoms with Crippen LogP contribution >= 0.6 is 12.4 Å². The average Bonchev–Trinajstić information content (AvgIpc) is 3.13. The summed E-state index contributed by atoms with van der Waals surface area (Å²) in [7, 11) is 4.97. The summed E-state index contributed by atoms with van der Waals surface area (Å²) in [6.45, 7) is 2.30. The van der Waals surface area contributed by atoms with E-state index in [1.54, 1.807) is 37.0 Å². The van der Waals surface area contributed by atoms with Gasteiger partial charge in [0.1, 0.15) is 5.54 Å². The van der Waals surface area contributed by atoms with Crippen molar-refractivity contribution >= 4 is 24.2 Å². The second kappa shape index (κ2) is 9.74. The van der Waals surface area contributed by atoms with Crippen LogP contribution in [-0.4, -0.2) is 85.4 Å². The molecule has 2 amide bonds. The molecule has 8 nitrogen and oxygen atoms in total. The lowest BCUT2D eigenvalue weighted by Gasteiger charge is -2.40. The fourth-order valence-corrected chi connectivity index (χ4v) is 2.96. The van der Waals surface area contributed by atoms with Crippen LogP contribution in [-0.2, 0) is 19.9 Å². The van der Waals surface area contributed by atoms with Gasteiger partial charge >= 0.3 is 0 Å². The first kappa shape index (κ1) is 21.4. The molecule has 0 bridgehead atoms. The molecular weight excluding hydrogens is 346 g/mol. The minimum Gasteiger partial charge on any atom is -0.383 e. The van der Waals surface area contributed by atoms with Crippen molar-refractivity contribution in [3.63, 3.8) is 0 Å². The van der Waals surface area contributed by atoms with Crippen LogP contribution in [0.1, 0.15) is 12.8 Å². The zero-order valence-electron chi connectivity index (χ0n) is 15.1. The molecule has 0 aromatic carbocycles. The van der Waals surface area contributed by atoms with E-state index >= 15 is 0 Å². The maximum Gasteiger partial charge on any atom is 0.251 e. The summed E-state index contributed by atoms with van der Waals surface area (Å²) >= 11 is 0. The largest absolute Gasteiger partial charge is 0.383 e. The quantitative estimate of drug-likeness (QED) is 0.724. The van der Waals surface area contributed by atoms with Gasteiger partial charge in [-0.25, -0.2) is 0 Å². The number of ether oxygens (including phenoxy) is 1. The third kappa shape index (κ3) is 4.93. The van der Waals surface area contributed by atoms with E-state index in [9.17, 15) is 9.59 Å². The summed E-state index contributed by atoms with van der Waals surface area (Å²) < 4.78 is 6.87. The second-order valence-electron chi connectivity index (χ2n) is 6.24. The monoisotopic (exact) mass is 373 g/mol. The van der Waals surface area contributed by atoms with Crippen molar-refractivity contribution in [3.8, 4) is 0 Å². The molecule has 1 saturated heterocycles. The molecule has 1 aliphatic rings. The van der Waals surface area contributed by atoms with Gasteiger partial charge in [-0.15, -0.1) is 12.4 Å². The number of methoxy groups -OCH3 is 1. The van der Waals surface area contributed by atoms with E-state index < -0.39 is 5.54 Å². The van der Waals surface area contributed by atoms with Crippen molar-refractivity contribution in [2.45, 2.75) is 18.4 Å². The molecular formula is C16H28ClN5O3. The lowest BCUT2D eigenvalue weighted by atomic mass is 9.86. The van der Waals surface area contributed by atoms with Gasteiger partial charge < -0.3 is 19.9 Å². The summed E-state index contributed by atoms with van der Waals surface area (Å²) in [5, 5.41) is 7.61. The Morgan fingerprint density at radius 2 is 2.00 bits per heavy atom. The molecule has 9 heteroatoms. The maximum atomic E-state index is 13.4. The highest BCUT2D eigenvalue weighted by Gasteiger charge is 2.44. The second-order valence-corrected chi connectivity index (χ2v) is 6.24. The number of nitrogens with one attached hydrogen (secondary N) is 1.